The molecule has 3 atom stereocenters. The Morgan fingerprint density at radius 3 is 2.53 bits per heavy atom. The van der Waals surface area contributed by atoms with Crippen LogP contribution in [0.4, 0.5) is 10.5 Å². The van der Waals surface area contributed by atoms with E-state index in [4.69, 9.17) is 18.9 Å². The zero-order valence-electron chi connectivity index (χ0n) is 20.5. The number of amides is 2. The lowest BCUT2D eigenvalue weighted by Crippen LogP contribution is -2.52. The zero-order chi connectivity index (χ0) is 24.3. The van der Waals surface area contributed by atoms with Crippen molar-refractivity contribution in [1.82, 2.24) is 15.2 Å². The smallest absolute Gasteiger partial charge is 0.319 e. The van der Waals surface area contributed by atoms with Gasteiger partial charge in [0.05, 0.1) is 28.4 Å². The molecule has 1 aliphatic heterocycles. The number of hydrogen-bond acceptors (Lipinski definition) is 7. The maximum absolute atomic E-state index is 12.8. The quantitative estimate of drug-likeness (QED) is 0.640. The van der Waals surface area contributed by atoms with E-state index in [-0.39, 0.29) is 17.5 Å². The summed E-state index contributed by atoms with van der Waals surface area (Å²) in [6.07, 6.45) is 3.83. The number of fused-ring (bicyclic) bond motifs is 1. The number of anilines is 1. The lowest BCUT2D eigenvalue weighted by atomic mass is 9.65. The van der Waals surface area contributed by atoms with E-state index in [1.54, 1.807) is 26.4 Å². The summed E-state index contributed by atoms with van der Waals surface area (Å²) < 4.78 is 21.4. The van der Waals surface area contributed by atoms with Crippen LogP contribution in [0.3, 0.4) is 0 Å². The summed E-state index contributed by atoms with van der Waals surface area (Å²) in [6, 6.07) is 9.80. The first-order chi connectivity index (χ1) is 16.4. The monoisotopic (exact) mass is 470 g/mol. The van der Waals surface area contributed by atoms with Gasteiger partial charge < -0.3 is 34.5 Å². The molecule has 1 aromatic carbocycles. The molecule has 0 spiro atoms. The standard InChI is InChI=1S/C25H34N4O5/c1-29-13-12-25(16-6-8-19(31-2)20(14-16)32-3)11-10-17(15-21(25)29)26-24(30)27-18-7-9-22(33-4)28-23(18)34-5/h6-9,14,17,21H,10-13,15H2,1-5H3,(H2,26,27,30)/t17-,21+,25-/m0/s1. The number of ether oxygens (including phenoxy) is 4. The van der Waals surface area contributed by atoms with Crippen LogP contribution < -0.4 is 29.6 Å². The van der Waals surface area contributed by atoms with Gasteiger partial charge in [0, 0.05) is 23.6 Å². The second-order valence-electron chi connectivity index (χ2n) is 8.95. The molecule has 2 aliphatic rings. The highest BCUT2D eigenvalue weighted by molar-refractivity contribution is 5.90. The molecule has 1 saturated carbocycles. The van der Waals surface area contributed by atoms with E-state index >= 15 is 0 Å². The number of likely N-dealkylation sites (N-methyl/N-ethyl adjacent to an activating group) is 1. The molecular formula is C25H34N4O5. The number of urea groups is 1. The lowest BCUT2D eigenvalue weighted by molar-refractivity contribution is 0.156. The van der Waals surface area contributed by atoms with Crippen LogP contribution in [0, 0.1) is 0 Å². The molecule has 4 rings (SSSR count). The Kier molecular flexibility index (Phi) is 7.02. The number of pyridine rings is 1. The Labute approximate surface area is 200 Å². The number of methoxy groups -OCH3 is 4. The van der Waals surface area contributed by atoms with Crippen LogP contribution in [0.15, 0.2) is 30.3 Å². The molecule has 34 heavy (non-hydrogen) atoms. The fourth-order valence-electron chi connectivity index (χ4n) is 5.53. The number of nitrogens with one attached hydrogen (secondary N) is 2. The molecule has 9 nitrogen and oxygen atoms in total. The van der Waals surface area contributed by atoms with Crippen molar-refractivity contribution < 1.29 is 23.7 Å². The van der Waals surface area contributed by atoms with E-state index in [2.05, 4.69) is 39.7 Å². The van der Waals surface area contributed by atoms with E-state index in [0.29, 0.717) is 23.5 Å². The first-order valence-electron chi connectivity index (χ1n) is 11.5. The minimum absolute atomic E-state index is 0.0338. The third-order valence-electron chi connectivity index (χ3n) is 7.31. The van der Waals surface area contributed by atoms with Gasteiger partial charge in [0.2, 0.25) is 11.8 Å². The average molecular weight is 471 g/mol. The molecule has 1 aliphatic carbocycles. The summed E-state index contributed by atoms with van der Waals surface area (Å²) in [6.45, 7) is 1.02. The summed E-state index contributed by atoms with van der Waals surface area (Å²) in [5.74, 6) is 2.22. The molecule has 184 valence electrons. The third-order valence-corrected chi connectivity index (χ3v) is 7.31. The molecule has 2 N–H and O–H groups in total. The topological polar surface area (TPSA) is 94.2 Å². The summed E-state index contributed by atoms with van der Waals surface area (Å²) in [5.41, 5.74) is 1.80. The van der Waals surface area contributed by atoms with Crippen LogP contribution in [0.2, 0.25) is 0 Å². The number of likely N-dealkylation sites (tertiary alicyclic amines) is 1. The number of rotatable bonds is 7. The molecule has 2 aromatic rings. The van der Waals surface area contributed by atoms with Gasteiger partial charge in [0.1, 0.15) is 5.69 Å². The van der Waals surface area contributed by atoms with Gasteiger partial charge >= 0.3 is 6.03 Å². The number of aromatic nitrogens is 1. The first kappa shape index (κ1) is 23.9. The fraction of sp³-hybridized carbons (Fsp3) is 0.520. The van der Waals surface area contributed by atoms with Gasteiger partial charge in [0.25, 0.3) is 0 Å². The Morgan fingerprint density at radius 2 is 1.82 bits per heavy atom. The number of benzene rings is 1. The summed E-state index contributed by atoms with van der Waals surface area (Å²) in [5, 5.41) is 6.02. The van der Waals surface area contributed by atoms with E-state index in [0.717, 1.165) is 43.7 Å². The molecular weight excluding hydrogens is 436 g/mol. The molecule has 0 radical (unpaired) electrons. The van der Waals surface area contributed by atoms with Crippen molar-refractivity contribution in [3.05, 3.63) is 35.9 Å². The highest BCUT2D eigenvalue weighted by Crippen LogP contribution is 2.49. The number of carbonyl (C=O) groups is 1. The fourth-order valence-corrected chi connectivity index (χ4v) is 5.53. The van der Waals surface area contributed by atoms with Crippen LogP contribution in [0.25, 0.3) is 0 Å². The molecule has 0 bridgehead atoms. The zero-order valence-corrected chi connectivity index (χ0v) is 20.5. The maximum atomic E-state index is 12.8. The minimum atomic E-state index is -0.269. The normalized spacial score (nSPS) is 24.1. The van der Waals surface area contributed by atoms with Crippen LogP contribution in [-0.4, -0.2) is 70.0 Å². The van der Waals surface area contributed by atoms with Crippen LogP contribution in [0.1, 0.15) is 31.2 Å². The molecule has 1 saturated heterocycles. The van der Waals surface area contributed by atoms with Gasteiger partial charge in [0.15, 0.2) is 11.5 Å². The largest absolute Gasteiger partial charge is 0.493 e. The molecule has 1 aromatic heterocycles. The van der Waals surface area contributed by atoms with Crippen molar-refractivity contribution in [2.75, 3.05) is 47.3 Å². The summed E-state index contributed by atoms with van der Waals surface area (Å²) >= 11 is 0. The average Bonchev–Trinajstić information content (AvgIpc) is 3.20. The van der Waals surface area contributed by atoms with Crippen molar-refractivity contribution in [3.63, 3.8) is 0 Å². The number of carbonyl (C=O) groups excluding carboxylic acids is 1. The highest BCUT2D eigenvalue weighted by atomic mass is 16.5. The Bertz CT molecular complexity index is 1030. The van der Waals surface area contributed by atoms with Crippen molar-refractivity contribution in [2.24, 2.45) is 0 Å². The summed E-state index contributed by atoms with van der Waals surface area (Å²) in [7, 11) is 8.54. The van der Waals surface area contributed by atoms with Crippen molar-refractivity contribution in [1.29, 1.82) is 0 Å². The van der Waals surface area contributed by atoms with E-state index in [1.165, 1.54) is 19.8 Å². The van der Waals surface area contributed by atoms with Crippen LogP contribution in [-0.2, 0) is 5.41 Å². The molecule has 2 amide bonds. The number of hydrogen-bond donors (Lipinski definition) is 2. The summed E-state index contributed by atoms with van der Waals surface area (Å²) in [4.78, 5) is 19.4. The molecule has 2 heterocycles. The van der Waals surface area contributed by atoms with Crippen LogP contribution >= 0.6 is 0 Å². The SMILES string of the molecule is COc1ccc(NC(=O)N[C@H]2CC[C@@]3(c4ccc(OC)c(OC)c4)CCN(C)[C@@H]3C2)c(OC)n1. The third kappa shape index (κ3) is 4.44. The van der Waals surface area contributed by atoms with Gasteiger partial charge in [-0.1, -0.05) is 6.07 Å². The predicted octanol–water partition coefficient (Wildman–Crippen LogP) is 3.43. The van der Waals surface area contributed by atoms with E-state index < -0.39 is 0 Å². The van der Waals surface area contributed by atoms with Crippen molar-refractivity contribution in [3.8, 4) is 23.3 Å². The van der Waals surface area contributed by atoms with Gasteiger partial charge in [-0.3, -0.25) is 0 Å². The second-order valence-corrected chi connectivity index (χ2v) is 8.95. The lowest BCUT2D eigenvalue weighted by Gasteiger charge is -2.45. The highest BCUT2D eigenvalue weighted by Gasteiger charge is 2.50. The van der Waals surface area contributed by atoms with Crippen molar-refractivity contribution >= 4 is 11.7 Å². The maximum Gasteiger partial charge on any atom is 0.319 e. The predicted molar refractivity (Wildman–Crippen MR) is 129 cm³/mol. The van der Waals surface area contributed by atoms with E-state index in [9.17, 15) is 4.79 Å². The minimum Gasteiger partial charge on any atom is -0.493 e. The second kappa shape index (κ2) is 9.97. The van der Waals surface area contributed by atoms with E-state index in [1.807, 2.05) is 6.07 Å². The molecule has 2 fully saturated rings. The Morgan fingerprint density at radius 1 is 1.03 bits per heavy atom. The number of nitrogens with zero attached hydrogens (tertiary/aromatic N) is 2. The Hall–Kier alpha value is -3.20. The van der Waals surface area contributed by atoms with Gasteiger partial charge in [-0.15, -0.1) is 0 Å². The molecule has 9 heteroatoms. The van der Waals surface area contributed by atoms with Crippen LogP contribution in [0.5, 0.6) is 23.3 Å². The van der Waals surface area contributed by atoms with Gasteiger partial charge in [-0.05, 0) is 63.0 Å². The first-order valence-corrected chi connectivity index (χ1v) is 11.5. The van der Waals surface area contributed by atoms with Gasteiger partial charge in [-0.2, -0.15) is 4.98 Å². The molecule has 0 unspecified atom stereocenters. The van der Waals surface area contributed by atoms with Crippen molar-refractivity contribution in [2.45, 2.75) is 43.2 Å². The Balaban J connectivity index is 1.47. The van der Waals surface area contributed by atoms with Gasteiger partial charge in [-0.25, -0.2) is 4.79 Å².